The SMILES string of the molecule is C=C[C-](OCC)n1nnc2ccccc21.[Li+]. The zero-order valence-electron chi connectivity index (χ0n) is 9.55. The predicted molar refractivity (Wildman–Crippen MR) is 58.0 cm³/mol. The molecule has 0 bridgehead atoms. The molecule has 0 saturated heterocycles. The van der Waals surface area contributed by atoms with E-state index in [-0.39, 0.29) is 18.9 Å². The average molecular weight is 209 g/mol. The quantitative estimate of drug-likeness (QED) is 0.479. The Morgan fingerprint density at radius 2 is 2.25 bits per heavy atom. The summed E-state index contributed by atoms with van der Waals surface area (Å²) in [6.45, 7) is 6.19. The van der Waals surface area contributed by atoms with Crippen LogP contribution in [0.25, 0.3) is 11.0 Å². The van der Waals surface area contributed by atoms with Gasteiger partial charge in [0.1, 0.15) is 0 Å². The van der Waals surface area contributed by atoms with Crippen LogP contribution in [0.5, 0.6) is 0 Å². The number of aromatic nitrogens is 3. The standard InChI is InChI=1S/C11H12N3O.Li/c1-3-11(15-4-2)14-10-8-6-5-7-9(10)12-13-14;/h3,5-8H,1,4H2,2H3;/q-1;+1. The predicted octanol–water partition coefficient (Wildman–Crippen LogP) is -1.00. The second-order valence-corrected chi connectivity index (χ2v) is 2.97. The van der Waals surface area contributed by atoms with E-state index < -0.39 is 0 Å². The van der Waals surface area contributed by atoms with Gasteiger partial charge in [0, 0.05) is 6.61 Å². The van der Waals surface area contributed by atoms with Crippen molar-refractivity contribution in [3.8, 4) is 0 Å². The second kappa shape index (κ2) is 5.76. The van der Waals surface area contributed by atoms with Crippen molar-refractivity contribution in [2.75, 3.05) is 6.61 Å². The summed E-state index contributed by atoms with van der Waals surface area (Å²) in [5.41, 5.74) is 1.76. The fourth-order valence-electron chi connectivity index (χ4n) is 1.39. The van der Waals surface area contributed by atoms with Crippen molar-refractivity contribution in [2.45, 2.75) is 6.92 Å². The minimum atomic E-state index is 0. The zero-order chi connectivity index (χ0) is 10.7. The molecule has 0 saturated carbocycles. The van der Waals surface area contributed by atoms with Crippen LogP contribution in [0.1, 0.15) is 6.92 Å². The van der Waals surface area contributed by atoms with E-state index in [0.29, 0.717) is 12.8 Å². The van der Waals surface area contributed by atoms with Crippen LogP contribution in [0.2, 0.25) is 0 Å². The zero-order valence-corrected chi connectivity index (χ0v) is 9.55. The van der Waals surface area contributed by atoms with Crippen molar-refractivity contribution in [2.24, 2.45) is 0 Å². The Morgan fingerprint density at radius 1 is 1.50 bits per heavy atom. The number of hydrogen-bond donors (Lipinski definition) is 0. The van der Waals surface area contributed by atoms with Crippen LogP contribution in [0.3, 0.4) is 0 Å². The van der Waals surface area contributed by atoms with E-state index >= 15 is 0 Å². The summed E-state index contributed by atoms with van der Waals surface area (Å²) in [5, 5.41) is 8.05. The maximum atomic E-state index is 5.40. The molecule has 1 aromatic heterocycles. The van der Waals surface area contributed by atoms with Crippen molar-refractivity contribution in [3.05, 3.63) is 43.1 Å². The topological polar surface area (TPSA) is 39.9 Å². The van der Waals surface area contributed by atoms with Crippen LogP contribution in [0.4, 0.5) is 0 Å². The average Bonchev–Trinajstić information content (AvgIpc) is 2.70. The first-order valence-corrected chi connectivity index (χ1v) is 4.80. The molecule has 2 rings (SSSR count). The number of para-hydroxylation sites is 1. The fourth-order valence-corrected chi connectivity index (χ4v) is 1.39. The summed E-state index contributed by atoms with van der Waals surface area (Å²) in [6, 6.07) is 7.72. The van der Waals surface area contributed by atoms with Gasteiger partial charge >= 0.3 is 18.9 Å². The monoisotopic (exact) mass is 209 g/mol. The van der Waals surface area contributed by atoms with Gasteiger partial charge in [0.05, 0.1) is 11.7 Å². The van der Waals surface area contributed by atoms with Gasteiger partial charge in [0.2, 0.25) is 0 Å². The van der Waals surface area contributed by atoms with Crippen LogP contribution in [0.15, 0.2) is 36.9 Å². The summed E-state index contributed by atoms with van der Waals surface area (Å²) < 4.78 is 7.05. The summed E-state index contributed by atoms with van der Waals surface area (Å²) >= 11 is 0. The van der Waals surface area contributed by atoms with E-state index in [1.165, 1.54) is 0 Å². The van der Waals surface area contributed by atoms with Gasteiger partial charge < -0.3 is 4.74 Å². The Bertz CT molecular complexity index is 469. The third-order valence-corrected chi connectivity index (χ3v) is 2.03. The van der Waals surface area contributed by atoms with Gasteiger partial charge in [-0.25, -0.2) is 0 Å². The molecule has 0 fully saturated rings. The minimum absolute atomic E-state index is 0. The largest absolute Gasteiger partial charge is 1.00 e. The van der Waals surface area contributed by atoms with Gasteiger partial charge in [-0.3, -0.25) is 4.68 Å². The first-order valence-electron chi connectivity index (χ1n) is 4.80. The Labute approximate surface area is 106 Å². The van der Waals surface area contributed by atoms with Crippen LogP contribution >= 0.6 is 0 Å². The Hall–Kier alpha value is -1.21. The number of hydrogen-bond acceptors (Lipinski definition) is 3. The minimum Gasteiger partial charge on any atom is -0.389 e. The molecule has 0 aliphatic heterocycles. The molecule has 2 aromatic rings. The second-order valence-electron chi connectivity index (χ2n) is 2.97. The number of nitrogens with zero attached hydrogens (tertiary/aromatic N) is 3. The van der Waals surface area contributed by atoms with Crippen molar-refractivity contribution >= 4 is 11.0 Å². The number of benzene rings is 1. The van der Waals surface area contributed by atoms with E-state index in [1.54, 1.807) is 10.8 Å². The molecule has 4 nitrogen and oxygen atoms in total. The number of rotatable bonds is 4. The van der Waals surface area contributed by atoms with Gasteiger partial charge in [-0.2, -0.15) is 6.58 Å². The molecule has 0 spiro atoms. The molecule has 0 aliphatic carbocycles. The van der Waals surface area contributed by atoms with Gasteiger partial charge in [0.15, 0.2) is 0 Å². The van der Waals surface area contributed by atoms with Crippen LogP contribution < -0.4 is 18.9 Å². The van der Waals surface area contributed by atoms with Gasteiger partial charge in [-0.15, -0.1) is 11.2 Å². The van der Waals surface area contributed by atoms with Crippen LogP contribution in [-0.4, -0.2) is 21.6 Å². The van der Waals surface area contributed by atoms with Crippen LogP contribution in [-0.2, 0) is 4.74 Å². The Balaban J connectivity index is 0.00000128. The van der Waals surface area contributed by atoms with E-state index in [4.69, 9.17) is 4.74 Å². The van der Waals surface area contributed by atoms with E-state index in [9.17, 15) is 0 Å². The first-order chi connectivity index (χ1) is 7.36. The van der Waals surface area contributed by atoms with E-state index in [0.717, 1.165) is 11.0 Å². The molecule has 0 atom stereocenters. The summed E-state index contributed by atoms with van der Waals surface area (Å²) in [6.07, 6.45) is 2.23. The fraction of sp³-hybridized carbons (Fsp3) is 0.182. The maximum absolute atomic E-state index is 5.40. The summed E-state index contributed by atoms with van der Waals surface area (Å²) in [5.74, 6) is 0. The van der Waals surface area contributed by atoms with Crippen LogP contribution in [0, 0.1) is 6.23 Å². The van der Waals surface area contributed by atoms with Gasteiger partial charge in [0.25, 0.3) is 0 Å². The molecular formula is C11H12LiN3O. The molecule has 0 amide bonds. The third-order valence-electron chi connectivity index (χ3n) is 2.03. The molecule has 1 aromatic carbocycles. The molecular weight excluding hydrogens is 197 g/mol. The molecule has 78 valence electrons. The van der Waals surface area contributed by atoms with E-state index in [1.807, 2.05) is 31.2 Å². The van der Waals surface area contributed by atoms with E-state index in [2.05, 4.69) is 16.9 Å². The van der Waals surface area contributed by atoms with Crippen molar-refractivity contribution in [1.29, 1.82) is 0 Å². The number of ether oxygens (including phenoxy) is 1. The molecule has 16 heavy (non-hydrogen) atoms. The molecule has 0 N–H and O–H groups in total. The van der Waals surface area contributed by atoms with Gasteiger partial charge in [-0.1, -0.05) is 23.4 Å². The molecule has 0 unspecified atom stereocenters. The molecule has 5 heteroatoms. The Kier molecular flexibility index (Phi) is 4.63. The van der Waals surface area contributed by atoms with Crippen molar-refractivity contribution < 1.29 is 23.6 Å². The first kappa shape index (κ1) is 12.9. The smallest absolute Gasteiger partial charge is 0.389 e. The van der Waals surface area contributed by atoms with Crippen molar-refractivity contribution in [1.82, 2.24) is 15.0 Å². The van der Waals surface area contributed by atoms with Gasteiger partial charge in [-0.05, 0) is 18.5 Å². The molecule has 0 aliphatic rings. The normalized spacial score (nSPS) is 9.81. The third kappa shape index (κ3) is 2.30. The Morgan fingerprint density at radius 3 is 2.94 bits per heavy atom. The number of fused-ring (bicyclic) bond motifs is 1. The summed E-state index contributed by atoms with van der Waals surface area (Å²) in [4.78, 5) is 0. The maximum Gasteiger partial charge on any atom is 1.00 e. The summed E-state index contributed by atoms with van der Waals surface area (Å²) in [7, 11) is 0. The molecule has 0 radical (unpaired) electrons. The molecule has 1 heterocycles. The van der Waals surface area contributed by atoms with Crippen molar-refractivity contribution in [3.63, 3.8) is 0 Å².